The first kappa shape index (κ1) is 24.9. The van der Waals surface area contributed by atoms with Crippen LogP contribution in [0.4, 0.5) is 0 Å². The van der Waals surface area contributed by atoms with Crippen LogP contribution in [0.3, 0.4) is 0 Å². The van der Waals surface area contributed by atoms with Crippen LogP contribution in [0.2, 0.25) is 5.02 Å². The number of hydrogen-bond acceptors (Lipinski definition) is 4. The molecule has 0 radical (unpaired) electrons. The molecule has 5 atom stereocenters. The third kappa shape index (κ3) is 4.80. The number of esters is 1. The fourth-order valence-corrected chi connectivity index (χ4v) is 7.34. The highest BCUT2D eigenvalue weighted by Gasteiger charge is 2.51. The average molecular weight is 517 g/mol. The van der Waals surface area contributed by atoms with Crippen LogP contribution in [-0.2, 0) is 9.53 Å². The summed E-state index contributed by atoms with van der Waals surface area (Å²) >= 11 is 6.20. The molecule has 0 bridgehead atoms. The second-order valence-electron chi connectivity index (χ2n) is 11.6. The maximum atomic E-state index is 13.1. The van der Waals surface area contributed by atoms with Gasteiger partial charge >= 0.3 is 5.97 Å². The van der Waals surface area contributed by atoms with Crippen molar-refractivity contribution in [1.82, 2.24) is 9.80 Å². The van der Waals surface area contributed by atoms with Crippen molar-refractivity contribution in [2.45, 2.75) is 45.3 Å². The summed E-state index contributed by atoms with van der Waals surface area (Å²) in [4.78, 5) is 18.1. The maximum Gasteiger partial charge on any atom is 0.311 e. The molecule has 0 N–H and O–H groups in total. The molecule has 2 aliphatic heterocycles. The number of fused-ring (bicyclic) bond motifs is 2. The molecule has 0 aromatic heterocycles. The summed E-state index contributed by atoms with van der Waals surface area (Å²) in [5.41, 5.74) is 5.57. The second-order valence-corrected chi connectivity index (χ2v) is 12.1. The van der Waals surface area contributed by atoms with Crippen molar-refractivity contribution in [3.63, 3.8) is 0 Å². The van der Waals surface area contributed by atoms with Gasteiger partial charge in [-0.2, -0.15) is 0 Å². The highest BCUT2D eigenvalue weighted by atomic mass is 35.5. The number of nitrogens with zero attached hydrogens (tertiary/aromatic N) is 2. The molecule has 2 aliphatic carbocycles. The van der Waals surface area contributed by atoms with Crippen LogP contribution in [0, 0.1) is 17.3 Å². The third-order valence-corrected chi connectivity index (χ3v) is 9.48. The topological polar surface area (TPSA) is 32.8 Å². The molecular formula is C32H37ClN2O2. The van der Waals surface area contributed by atoms with Gasteiger partial charge in [-0.1, -0.05) is 78.7 Å². The van der Waals surface area contributed by atoms with Crippen LogP contribution in [0.25, 0.3) is 0 Å². The van der Waals surface area contributed by atoms with Crippen LogP contribution in [-0.4, -0.2) is 54.6 Å². The van der Waals surface area contributed by atoms with E-state index in [2.05, 4.69) is 78.3 Å². The Labute approximate surface area is 225 Å². The molecule has 2 saturated heterocycles. The van der Waals surface area contributed by atoms with E-state index in [0.717, 1.165) is 57.0 Å². The van der Waals surface area contributed by atoms with E-state index in [1.807, 2.05) is 12.1 Å². The van der Waals surface area contributed by atoms with E-state index in [1.54, 1.807) is 0 Å². The van der Waals surface area contributed by atoms with Crippen LogP contribution >= 0.6 is 11.6 Å². The van der Waals surface area contributed by atoms with Crippen molar-refractivity contribution in [2.75, 3.05) is 32.7 Å². The first-order valence-corrected chi connectivity index (χ1v) is 14.2. The normalized spacial score (nSPS) is 31.1. The summed E-state index contributed by atoms with van der Waals surface area (Å²) in [7, 11) is 0. The zero-order chi connectivity index (χ0) is 25.6. The van der Waals surface area contributed by atoms with Crippen molar-refractivity contribution in [3.05, 3.63) is 94.0 Å². The lowest BCUT2D eigenvalue weighted by molar-refractivity contribution is -0.145. The van der Waals surface area contributed by atoms with Gasteiger partial charge in [-0.15, -0.1) is 0 Å². The summed E-state index contributed by atoms with van der Waals surface area (Å²) in [5.74, 6) is 0.132. The van der Waals surface area contributed by atoms with E-state index >= 15 is 0 Å². The number of piperazine rings is 1. The molecule has 0 spiro atoms. The molecule has 37 heavy (non-hydrogen) atoms. The number of ether oxygens (including phenoxy) is 1. The van der Waals surface area contributed by atoms with Gasteiger partial charge < -0.3 is 4.74 Å². The maximum absolute atomic E-state index is 13.1. The molecular weight excluding hydrogens is 480 g/mol. The lowest BCUT2D eigenvalue weighted by Gasteiger charge is -2.43. The van der Waals surface area contributed by atoms with E-state index in [0.29, 0.717) is 0 Å². The van der Waals surface area contributed by atoms with Crippen molar-refractivity contribution in [2.24, 2.45) is 17.3 Å². The van der Waals surface area contributed by atoms with E-state index in [1.165, 1.54) is 22.3 Å². The molecule has 0 amide bonds. The van der Waals surface area contributed by atoms with Gasteiger partial charge in [0.05, 0.1) is 12.0 Å². The fraction of sp³-hybridized carbons (Fsp3) is 0.469. The number of halogens is 1. The summed E-state index contributed by atoms with van der Waals surface area (Å²) < 4.78 is 6.00. The van der Waals surface area contributed by atoms with E-state index in [9.17, 15) is 4.79 Å². The van der Waals surface area contributed by atoms with Crippen LogP contribution in [0.1, 0.15) is 50.3 Å². The van der Waals surface area contributed by atoms with Gasteiger partial charge in [0.25, 0.3) is 0 Å². The number of allylic oxidation sites excluding steroid dienone is 3. The van der Waals surface area contributed by atoms with Crippen LogP contribution < -0.4 is 0 Å². The minimum Gasteiger partial charge on any atom is -0.461 e. The second kappa shape index (κ2) is 10.1. The van der Waals surface area contributed by atoms with Gasteiger partial charge in [-0.05, 0) is 60.4 Å². The average Bonchev–Trinajstić information content (AvgIpc) is 3.19. The molecule has 194 valence electrons. The standard InChI is InChI=1S/C32H37ClN2O2/c1-22-7-6-14-32(2)20-29-26(19-28(22)32)27(31(36)37-29)21-34-15-17-35(18-16-34)30(23-8-4-3-5-9-23)24-10-12-25(33)13-11-24/h3-5,7-13,19,26-27,29-30H,6,14-18,20-21H2,1-2H3/t26-,27-,29-,30+,32-/m1/s1. The molecule has 2 aromatic rings. The number of benzene rings is 2. The predicted octanol–water partition coefficient (Wildman–Crippen LogP) is 6.28. The lowest BCUT2D eigenvalue weighted by atomic mass is 9.62. The molecule has 0 unspecified atom stereocenters. The van der Waals surface area contributed by atoms with E-state index in [-0.39, 0.29) is 35.4 Å². The van der Waals surface area contributed by atoms with Gasteiger partial charge in [-0.3, -0.25) is 14.6 Å². The Morgan fingerprint density at radius 2 is 1.73 bits per heavy atom. The summed E-state index contributed by atoms with van der Waals surface area (Å²) in [6.45, 7) is 9.19. The van der Waals surface area contributed by atoms with Crippen LogP contribution in [0.5, 0.6) is 0 Å². The van der Waals surface area contributed by atoms with Crippen molar-refractivity contribution >= 4 is 17.6 Å². The van der Waals surface area contributed by atoms with Gasteiger partial charge in [0.1, 0.15) is 6.10 Å². The Morgan fingerprint density at radius 3 is 2.46 bits per heavy atom. The van der Waals surface area contributed by atoms with Gasteiger partial charge in [0.15, 0.2) is 0 Å². The Morgan fingerprint density at radius 1 is 1.03 bits per heavy atom. The van der Waals surface area contributed by atoms with Crippen molar-refractivity contribution < 1.29 is 9.53 Å². The molecule has 5 heteroatoms. The zero-order valence-corrected chi connectivity index (χ0v) is 22.7. The molecule has 2 heterocycles. The molecule has 4 aliphatic rings. The van der Waals surface area contributed by atoms with E-state index < -0.39 is 0 Å². The van der Waals surface area contributed by atoms with Gasteiger partial charge in [0.2, 0.25) is 0 Å². The van der Waals surface area contributed by atoms with Crippen LogP contribution in [0.15, 0.2) is 77.9 Å². The Hall–Kier alpha value is -2.40. The molecule has 4 nitrogen and oxygen atoms in total. The first-order valence-electron chi connectivity index (χ1n) is 13.8. The monoisotopic (exact) mass is 516 g/mol. The molecule has 6 rings (SSSR count). The zero-order valence-electron chi connectivity index (χ0n) is 21.9. The van der Waals surface area contributed by atoms with Gasteiger partial charge in [0, 0.05) is 43.7 Å². The number of carbonyl (C=O) groups is 1. The molecule has 0 saturated carbocycles. The third-order valence-electron chi connectivity index (χ3n) is 9.22. The smallest absolute Gasteiger partial charge is 0.311 e. The fourth-order valence-electron chi connectivity index (χ4n) is 7.21. The summed E-state index contributed by atoms with van der Waals surface area (Å²) in [5, 5.41) is 0.763. The Kier molecular flexibility index (Phi) is 6.77. The predicted molar refractivity (Wildman–Crippen MR) is 148 cm³/mol. The van der Waals surface area contributed by atoms with E-state index in [4.69, 9.17) is 16.3 Å². The minimum absolute atomic E-state index is 0.00138. The Balaban J connectivity index is 1.16. The highest BCUT2D eigenvalue weighted by Crippen LogP contribution is 2.52. The highest BCUT2D eigenvalue weighted by molar-refractivity contribution is 6.30. The number of hydrogen-bond donors (Lipinski definition) is 0. The van der Waals surface area contributed by atoms with Crippen molar-refractivity contribution in [3.8, 4) is 0 Å². The van der Waals surface area contributed by atoms with Gasteiger partial charge in [-0.25, -0.2) is 0 Å². The number of carbonyl (C=O) groups excluding carboxylic acids is 1. The molecule has 2 aromatic carbocycles. The first-order chi connectivity index (χ1) is 17.9. The molecule has 2 fully saturated rings. The number of rotatable bonds is 5. The quantitative estimate of drug-likeness (QED) is 0.438. The van der Waals surface area contributed by atoms with Crippen molar-refractivity contribution in [1.29, 1.82) is 0 Å². The minimum atomic E-state index is -0.0653. The summed E-state index contributed by atoms with van der Waals surface area (Å²) in [6.07, 6.45) is 8.05. The summed E-state index contributed by atoms with van der Waals surface area (Å²) in [6, 6.07) is 19.2. The largest absolute Gasteiger partial charge is 0.461 e. The Bertz CT molecular complexity index is 1200. The lowest BCUT2D eigenvalue weighted by Crippen LogP contribution is -2.50. The SMILES string of the molecule is CC1=CCC[C@]2(C)C[C@H]3OC(=O)[C@H](CN4CCN([C@@H](c5ccccc5)c5ccc(Cl)cc5)CC4)[C@H]3C=C12.